The van der Waals surface area contributed by atoms with Gasteiger partial charge in [0.1, 0.15) is 16.1 Å². The minimum Gasteiger partial charge on any atom is -0.244 e. The number of hydrogen-bond donors (Lipinski definition) is 0. The molecule has 3 aromatic rings. The Balaban J connectivity index is 0.00000109. The normalized spacial score (nSPS) is 11.2. The van der Waals surface area contributed by atoms with Crippen LogP contribution in [0.5, 0.6) is 0 Å². The Morgan fingerprint density at radius 1 is 1.00 bits per heavy atom. The molecule has 0 aromatic carbocycles. The number of nitrogens with zero attached hydrogens (tertiary/aromatic N) is 3. The van der Waals surface area contributed by atoms with Crippen molar-refractivity contribution in [3.05, 3.63) is 55.1 Å². The Kier molecular flexibility index (Phi) is 7.31. The van der Waals surface area contributed by atoms with Crippen molar-refractivity contribution in [2.24, 2.45) is 0 Å². The first kappa shape index (κ1) is 18.8. The van der Waals surface area contributed by atoms with Crippen LogP contribution in [0.3, 0.4) is 0 Å². The molecule has 0 radical (unpaired) electrons. The van der Waals surface area contributed by atoms with Gasteiger partial charge in [-0.3, -0.25) is 0 Å². The Labute approximate surface area is 159 Å². The standard InChI is InChI=1S/C17H9N3S3.C2H6/c1-2-12(16-19-5-7-21-16)9-14-3-4-15(23-14)10-13(11-18)17-20-6-8-22-17;1-2/h1,3-10H;1-2H3/b12-9+,13-10+;. The summed E-state index contributed by atoms with van der Waals surface area (Å²) in [7, 11) is 0. The van der Waals surface area contributed by atoms with E-state index in [1.807, 2.05) is 48.9 Å². The van der Waals surface area contributed by atoms with Crippen molar-refractivity contribution in [2.45, 2.75) is 13.8 Å². The van der Waals surface area contributed by atoms with E-state index < -0.39 is 0 Å². The predicted molar refractivity (Wildman–Crippen MR) is 110 cm³/mol. The molecule has 0 aliphatic carbocycles. The van der Waals surface area contributed by atoms with E-state index in [-0.39, 0.29) is 0 Å². The highest BCUT2D eigenvalue weighted by atomic mass is 32.1. The van der Waals surface area contributed by atoms with Crippen LogP contribution in [0.25, 0.3) is 23.3 Å². The molecule has 0 saturated carbocycles. The van der Waals surface area contributed by atoms with Crippen molar-refractivity contribution in [1.82, 2.24) is 9.97 Å². The average Bonchev–Trinajstić information content (AvgIpc) is 3.42. The van der Waals surface area contributed by atoms with Gasteiger partial charge in [-0.1, -0.05) is 19.8 Å². The van der Waals surface area contributed by atoms with E-state index in [1.54, 1.807) is 23.7 Å². The van der Waals surface area contributed by atoms with Crippen molar-refractivity contribution < 1.29 is 0 Å². The summed E-state index contributed by atoms with van der Waals surface area (Å²) in [5, 5.41) is 14.6. The Morgan fingerprint density at radius 3 is 1.96 bits per heavy atom. The molecule has 0 fully saturated rings. The molecule has 0 aliphatic heterocycles. The van der Waals surface area contributed by atoms with Crippen molar-refractivity contribution in [3.63, 3.8) is 0 Å². The number of rotatable bonds is 4. The van der Waals surface area contributed by atoms with E-state index >= 15 is 0 Å². The highest BCUT2D eigenvalue weighted by Crippen LogP contribution is 2.27. The maximum absolute atomic E-state index is 9.28. The van der Waals surface area contributed by atoms with Gasteiger partial charge in [-0.15, -0.1) is 40.4 Å². The van der Waals surface area contributed by atoms with Crippen molar-refractivity contribution in [2.75, 3.05) is 0 Å². The lowest BCUT2D eigenvalue weighted by Gasteiger charge is -1.93. The third kappa shape index (κ3) is 4.98. The average molecular weight is 382 g/mol. The highest BCUT2D eigenvalue weighted by Gasteiger charge is 2.06. The zero-order valence-electron chi connectivity index (χ0n) is 13.8. The van der Waals surface area contributed by atoms with Crippen LogP contribution >= 0.6 is 34.0 Å². The smallest absolute Gasteiger partial charge is 0.133 e. The van der Waals surface area contributed by atoms with E-state index in [1.165, 1.54) is 22.7 Å². The monoisotopic (exact) mass is 381 g/mol. The van der Waals surface area contributed by atoms with E-state index in [0.29, 0.717) is 5.57 Å². The van der Waals surface area contributed by atoms with Gasteiger partial charge in [0, 0.05) is 32.9 Å². The van der Waals surface area contributed by atoms with Gasteiger partial charge >= 0.3 is 0 Å². The molecular weight excluding hydrogens is 366 g/mol. The molecule has 0 unspecified atom stereocenters. The summed E-state index contributed by atoms with van der Waals surface area (Å²) in [6.07, 6.45) is 12.8. The molecule has 0 N–H and O–H groups in total. The van der Waals surface area contributed by atoms with Gasteiger partial charge < -0.3 is 0 Å². The molecule has 3 aromatic heterocycles. The lowest BCUT2D eigenvalue weighted by Crippen LogP contribution is -1.77. The molecule has 3 rings (SSSR count). The summed E-state index contributed by atoms with van der Waals surface area (Å²) in [6, 6.07) is 6.15. The second-order valence-corrected chi connectivity index (χ2v) is 7.22. The van der Waals surface area contributed by atoms with Crippen molar-refractivity contribution in [3.8, 4) is 18.4 Å². The molecule has 0 amide bonds. The van der Waals surface area contributed by atoms with Gasteiger partial charge in [-0.2, -0.15) is 5.26 Å². The maximum Gasteiger partial charge on any atom is 0.133 e. The Hall–Kier alpha value is -2.51. The fourth-order valence-electron chi connectivity index (χ4n) is 1.83. The minimum absolute atomic E-state index is 0.564. The quantitative estimate of drug-likeness (QED) is 0.416. The topological polar surface area (TPSA) is 49.6 Å². The first-order valence-electron chi connectivity index (χ1n) is 7.50. The number of aromatic nitrogens is 2. The van der Waals surface area contributed by atoms with Crippen LogP contribution in [0.4, 0.5) is 0 Å². The van der Waals surface area contributed by atoms with Gasteiger partial charge in [0.25, 0.3) is 0 Å². The van der Waals surface area contributed by atoms with Gasteiger partial charge in [-0.05, 0) is 24.3 Å². The van der Waals surface area contributed by atoms with Gasteiger partial charge in [0.15, 0.2) is 0 Å². The van der Waals surface area contributed by atoms with Crippen LogP contribution in [0.2, 0.25) is 0 Å². The van der Waals surface area contributed by atoms with Crippen LogP contribution in [0, 0.1) is 23.7 Å². The second-order valence-electron chi connectivity index (χ2n) is 4.29. The molecule has 3 nitrogen and oxygen atoms in total. The summed E-state index contributed by atoms with van der Waals surface area (Å²) in [5.41, 5.74) is 1.33. The van der Waals surface area contributed by atoms with E-state index in [2.05, 4.69) is 22.0 Å². The molecule has 0 atom stereocenters. The van der Waals surface area contributed by atoms with E-state index in [0.717, 1.165) is 25.3 Å². The summed E-state index contributed by atoms with van der Waals surface area (Å²) in [6.45, 7) is 4.00. The molecule has 124 valence electrons. The van der Waals surface area contributed by atoms with Crippen molar-refractivity contribution in [1.29, 1.82) is 5.26 Å². The largest absolute Gasteiger partial charge is 0.244 e. The lowest BCUT2D eigenvalue weighted by atomic mass is 10.2. The van der Waals surface area contributed by atoms with Gasteiger partial charge in [-0.25, -0.2) is 9.97 Å². The number of allylic oxidation sites excluding steroid dienone is 2. The third-order valence-electron chi connectivity index (χ3n) is 2.82. The van der Waals surface area contributed by atoms with Crippen LogP contribution in [0.15, 0.2) is 35.3 Å². The van der Waals surface area contributed by atoms with Gasteiger partial charge in [0.2, 0.25) is 0 Å². The number of hydrogen-bond acceptors (Lipinski definition) is 6. The fourth-order valence-corrected chi connectivity index (χ4v) is 3.95. The molecule has 0 spiro atoms. The van der Waals surface area contributed by atoms with Gasteiger partial charge in [0.05, 0.1) is 11.1 Å². The minimum atomic E-state index is 0.564. The van der Waals surface area contributed by atoms with Crippen LogP contribution in [-0.2, 0) is 0 Å². The Bertz CT molecular complexity index is 854. The first-order valence-corrected chi connectivity index (χ1v) is 10.1. The molecular formula is C19H15N3S3. The molecule has 3 heterocycles. The third-order valence-corrected chi connectivity index (χ3v) is 5.41. The zero-order valence-corrected chi connectivity index (χ0v) is 16.2. The number of nitriles is 1. The predicted octanol–water partition coefficient (Wildman–Crippen LogP) is 5.93. The summed E-state index contributed by atoms with van der Waals surface area (Å²) >= 11 is 4.54. The fraction of sp³-hybridized carbons (Fsp3) is 0.105. The summed E-state index contributed by atoms with van der Waals surface area (Å²) < 4.78 is 0. The van der Waals surface area contributed by atoms with Crippen LogP contribution in [-0.4, -0.2) is 9.97 Å². The van der Waals surface area contributed by atoms with Crippen molar-refractivity contribution >= 4 is 57.3 Å². The van der Waals surface area contributed by atoms with Crippen LogP contribution < -0.4 is 0 Å². The number of thiazole rings is 2. The van der Waals surface area contributed by atoms with E-state index in [9.17, 15) is 5.26 Å². The molecule has 6 heteroatoms. The second kappa shape index (κ2) is 9.71. The number of terminal acetylenes is 1. The zero-order chi connectivity index (χ0) is 18.1. The summed E-state index contributed by atoms with van der Waals surface area (Å²) in [4.78, 5) is 10.4. The Morgan fingerprint density at radius 2 is 1.52 bits per heavy atom. The van der Waals surface area contributed by atoms with E-state index in [4.69, 9.17) is 6.42 Å². The lowest BCUT2D eigenvalue weighted by molar-refractivity contribution is 1.38. The molecule has 0 bridgehead atoms. The first-order chi connectivity index (χ1) is 12.3. The molecule has 0 aliphatic rings. The highest BCUT2D eigenvalue weighted by molar-refractivity contribution is 7.14. The number of thiophene rings is 1. The molecule has 0 saturated heterocycles. The summed E-state index contributed by atoms with van der Waals surface area (Å²) in [5.74, 6) is 2.68. The SMILES string of the molecule is C#C/C(=C\c1ccc(/C=C(\C#N)c2nccs2)s1)c1nccs1.CC. The maximum atomic E-state index is 9.28. The van der Waals surface area contributed by atoms with Crippen LogP contribution in [0.1, 0.15) is 33.6 Å². The molecule has 25 heavy (non-hydrogen) atoms.